The highest BCUT2D eigenvalue weighted by Crippen LogP contribution is 2.33. The first-order valence-corrected chi connectivity index (χ1v) is 9.13. The molecular weight excluding hydrogens is 244 g/mol. The van der Waals surface area contributed by atoms with Crippen molar-refractivity contribution in [3.63, 3.8) is 0 Å². The van der Waals surface area contributed by atoms with Crippen molar-refractivity contribution in [2.45, 2.75) is 90.1 Å². The van der Waals surface area contributed by atoms with E-state index in [-0.39, 0.29) is 0 Å². The van der Waals surface area contributed by atoms with Gasteiger partial charge in [0.15, 0.2) is 0 Å². The molecule has 1 saturated heterocycles. The molecule has 20 heavy (non-hydrogen) atoms. The molecule has 1 aliphatic heterocycles. The van der Waals surface area contributed by atoms with Gasteiger partial charge < -0.3 is 5.32 Å². The lowest BCUT2D eigenvalue weighted by Gasteiger charge is -2.47. The minimum Gasteiger partial charge on any atom is -0.312 e. The van der Waals surface area contributed by atoms with Crippen molar-refractivity contribution in [1.82, 2.24) is 10.2 Å². The van der Waals surface area contributed by atoms with Crippen LogP contribution >= 0.6 is 0 Å². The smallest absolute Gasteiger partial charge is 0.0306 e. The molecule has 1 atom stereocenters. The molecule has 2 nitrogen and oxygen atoms in total. The molecule has 0 aromatic carbocycles. The summed E-state index contributed by atoms with van der Waals surface area (Å²) in [7, 11) is 0. The first-order chi connectivity index (χ1) is 9.64. The fourth-order valence-electron chi connectivity index (χ4n) is 4.21. The third-order valence-electron chi connectivity index (χ3n) is 5.71. The highest BCUT2D eigenvalue weighted by Gasteiger charge is 2.37. The number of hydrogen-bond acceptors (Lipinski definition) is 2. The van der Waals surface area contributed by atoms with Gasteiger partial charge in [-0.1, -0.05) is 39.0 Å². The van der Waals surface area contributed by atoms with Crippen molar-refractivity contribution >= 4 is 0 Å². The summed E-state index contributed by atoms with van der Waals surface area (Å²) in [5.74, 6) is 0.980. The van der Waals surface area contributed by atoms with Crippen LogP contribution in [0.4, 0.5) is 0 Å². The van der Waals surface area contributed by atoms with Gasteiger partial charge in [0.2, 0.25) is 0 Å². The predicted molar refractivity (Wildman–Crippen MR) is 88.2 cm³/mol. The molecule has 2 heteroatoms. The zero-order chi connectivity index (χ0) is 14.4. The standard InChI is InChI=1S/C18H36N2/c1-4-12-19-17(15-16-10-6-7-11-16)18(2,3)20-13-8-5-9-14-20/h16-17,19H,4-15H2,1-3H3. The molecule has 0 amide bonds. The Morgan fingerprint density at radius 2 is 1.70 bits per heavy atom. The van der Waals surface area contributed by atoms with Gasteiger partial charge in [0.25, 0.3) is 0 Å². The summed E-state index contributed by atoms with van der Waals surface area (Å²) in [5, 5.41) is 3.89. The summed E-state index contributed by atoms with van der Waals surface area (Å²) in [6.45, 7) is 11.0. The molecule has 1 N–H and O–H groups in total. The number of nitrogens with zero attached hydrogens (tertiary/aromatic N) is 1. The Kier molecular flexibility index (Phi) is 6.35. The SMILES string of the molecule is CCCNC(CC1CCCC1)C(C)(C)N1CCCCC1. The van der Waals surface area contributed by atoms with Crippen LogP contribution in [0.5, 0.6) is 0 Å². The van der Waals surface area contributed by atoms with E-state index in [1.165, 1.54) is 77.4 Å². The lowest BCUT2D eigenvalue weighted by molar-refractivity contribution is 0.0527. The van der Waals surface area contributed by atoms with E-state index < -0.39 is 0 Å². The van der Waals surface area contributed by atoms with Crippen LogP contribution in [0.25, 0.3) is 0 Å². The van der Waals surface area contributed by atoms with E-state index in [4.69, 9.17) is 0 Å². The lowest BCUT2D eigenvalue weighted by atomic mass is 9.83. The second kappa shape index (κ2) is 7.79. The van der Waals surface area contributed by atoms with Crippen LogP contribution in [0.15, 0.2) is 0 Å². The monoisotopic (exact) mass is 280 g/mol. The number of nitrogens with one attached hydrogen (secondary N) is 1. The average Bonchev–Trinajstić information content (AvgIpc) is 2.97. The van der Waals surface area contributed by atoms with Crippen LogP contribution in [0, 0.1) is 5.92 Å². The van der Waals surface area contributed by atoms with Gasteiger partial charge in [0.05, 0.1) is 0 Å². The third-order valence-corrected chi connectivity index (χ3v) is 5.71. The molecule has 118 valence electrons. The van der Waals surface area contributed by atoms with Gasteiger partial charge in [-0.15, -0.1) is 0 Å². The van der Waals surface area contributed by atoms with Crippen LogP contribution in [0.2, 0.25) is 0 Å². The van der Waals surface area contributed by atoms with E-state index in [0.29, 0.717) is 11.6 Å². The molecule has 0 aromatic rings. The number of hydrogen-bond donors (Lipinski definition) is 1. The summed E-state index contributed by atoms with van der Waals surface area (Å²) in [6.07, 6.45) is 12.7. The summed E-state index contributed by atoms with van der Waals surface area (Å²) in [4.78, 5) is 2.76. The molecule has 1 heterocycles. The van der Waals surface area contributed by atoms with Gasteiger partial charge in [0, 0.05) is 11.6 Å². The molecule has 2 fully saturated rings. The molecule has 2 aliphatic rings. The molecule has 1 aliphatic carbocycles. The van der Waals surface area contributed by atoms with E-state index in [1.807, 2.05) is 0 Å². The third kappa shape index (κ3) is 4.21. The normalized spacial score (nSPS) is 24.1. The molecule has 1 saturated carbocycles. The summed E-state index contributed by atoms with van der Waals surface area (Å²) < 4.78 is 0. The van der Waals surface area contributed by atoms with Crippen LogP contribution in [0.3, 0.4) is 0 Å². The second-order valence-electron chi connectivity index (χ2n) is 7.59. The van der Waals surface area contributed by atoms with Crippen molar-refractivity contribution in [3.8, 4) is 0 Å². The maximum Gasteiger partial charge on any atom is 0.0306 e. The molecular formula is C18H36N2. The van der Waals surface area contributed by atoms with Crippen LogP contribution in [-0.4, -0.2) is 36.1 Å². The van der Waals surface area contributed by atoms with Crippen LogP contribution in [-0.2, 0) is 0 Å². The minimum absolute atomic E-state index is 0.318. The second-order valence-corrected chi connectivity index (χ2v) is 7.59. The Morgan fingerprint density at radius 3 is 2.30 bits per heavy atom. The van der Waals surface area contributed by atoms with Crippen LogP contribution < -0.4 is 5.32 Å². The van der Waals surface area contributed by atoms with Gasteiger partial charge in [0.1, 0.15) is 0 Å². The Morgan fingerprint density at radius 1 is 1.05 bits per heavy atom. The van der Waals surface area contributed by atoms with Gasteiger partial charge >= 0.3 is 0 Å². The number of likely N-dealkylation sites (tertiary alicyclic amines) is 1. The van der Waals surface area contributed by atoms with Crippen molar-refractivity contribution in [3.05, 3.63) is 0 Å². The average molecular weight is 280 g/mol. The van der Waals surface area contributed by atoms with Gasteiger partial charge in [-0.25, -0.2) is 0 Å². The van der Waals surface area contributed by atoms with Crippen molar-refractivity contribution in [1.29, 1.82) is 0 Å². The molecule has 0 spiro atoms. The maximum atomic E-state index is 3.89. The maximum absolute atomic E-state index is 3.89. The Bertz CT molecular complexity index is 263. The molecule has 0 radical (unpaired) electrons. The van der Waals surface area contributed by atoms with E-state index >= 15 is 0 Å². The van der Waals surface area contributed by atoms with Crippen molar-refractivity contribution in [2.75, 3.05) is 19.6 Å². The van der Waals surface area contributed by atoms with Gasteiger partial charge in [-0.05, 0) is 65.1 Å². The summed E-state index contributed by atoms with van der Waals surface area (Å²) >= 11 is 0. The highest BCUT2D eigenvalue weighted by molar-refractivity contribution is 4.96. The largest absolute Gasteiger partial charge is 0.312 e. The molecule has 0 aromatic heterocycles. The quantitative estimate of drug-likeness (QED) is 0.752. The number of piperidine rings is 1. The zero-order valence-electron chi connectivity index (χ0n) is 14.1. The topological polar surface area (TPSA) is 15.3 Å². The Labute approximate surface area is 126 Å². The van der Waals surface area contributed by atoms with Gasteiger partial charge in [-0.3, -0.25) is 4.90 Å². The van der Waals surface area contributed by atoms with Crippen LogP contribution in [0.1, 0.15) is 78.6 Å². The predicted octanol–water partition coefficient (Wildman–Crippen LogP) is 4.20. The Balaban J connectivity index is 1.97. The lowest BCUT2D eigenvalue weighted by Crippen LogP contribution is -2.59. The highest BCUT2D eigenvalue weighted by atomic mass is 15.2. The van der Waals surface area contributed by atoms with Gasteiger partial charge in [-0.2, -0.15) is 0 Å². The first kappa shape index (κ1) is 16.3. The Hall–Kier alpha value is -0.0800. The molecule has 1 unspecified atom stereocenters. The first-order valence-electron chi connectivity index (χ1n) is 9.13. The van der Waals surface area contributed by atoms with Crippen molar-refractivity contribution < 1.29 is 0 Å². The molecule has 2 rings (SSSR count). The minimum atomic E-state index is 0.318. The van der Waals surface area contributed by atoms with E-state index in [2.05, 4.69) is 31.0 Å². The van der Waals surface area contributed by atoms with Crippen molar-refractivity contribution in [2.24, 2.45) is 5.92 Å². The zero-order valence-corrected chi connectivity index (χ0v) is 14.1. The van der Waals surface area contributed by atoms with E-state index in [9.17, 15) is 0 Å². The fourth-order valence-corrected chi connectivity index (χ4v) is 4.21. The fraction of sp³-hybridized carbons (Fsp3) is 1.00. The van der Waals surface area contributed by atoms with E-state index in [0.717, 1.165) is 5.92 Å². The number of rotatable bonds is 7. The summed E-state index contributed by atoms with van der Waals surface area (Å²) in [6, 6.07) is 0.670. The summed E-state index contributed by atoms with van der Waals surface area (Å²) in [5.41, 5.74) is 0.318. The van der Waals surface area contributed by atoms with E-state index in [1.54, 1.807) is 0 Å². The molecule has 0 bridgehead atoms.